The van der Waals surface area contributed by atoms with Gasteiger partial charge in [-0.15, -0.1) is 0 Å². The first-order chi connectivity index (χ1) is 15.6. The number of amides is 3. The molecule has 1 fully saturated rings. The molecule has 0 unspecified atom stereocenters. The number of carbonyl (C=O) groups is 4. The quantitative estimate of drug-likeness (QED) is 0.336. The van der Waals surface area contributed by atoms with Crippen LogP contribution < -0.4 is 0 Å². The molecule has 1 saturated heterocycles. The van der Waals surface area contributed by atoms with E-state index < -0.39 is 39.8 Å². The fourth-order valence-corrected chi connectivity index (χ4v) is 6.22. The number of rotatable bonds is 7. The van der Waals surface area contributed by atoms with Crippen molar-refractivity contribution in [1.29, 1.82) is 0 Å². The monoisotopic (exact) mass is 474 g/mol. The summed E-state index contributed by atoms with van der Waals surface area (Å²) in [6.07, 6.45) is 4.90. The average Bonchev–Trinajstić information content (AvgIpc) is 3.15. The van der Waals surface area contributed by atoms with Crippen LogP contribution in [0.25, 0.3) is 0 Å². The summed E-state index contributed by atoms with van der Waals surface area (Å²) in [6.45, 7) is 3.00. The maximum atomic E-state index is 13.0. The minimum atomic E-state index is -4.01. The first-order valence-electron chi connectivity index (χ1n) is 11.0. The molecule has 0 aromatic heterocycles. The molecule has 3 amide bonds. The lowest BCUT2D eigenvalue weighted by molar-refractivity contribution is -0.159. The lowest BCUT2D eigenvalue weighted by atomic mass is 9.85. The highest BCUT2D eigenvalue weighted by atomic mass is 32.2. The van der Waals surface area contributed by atoms with E-state index in [2.05, 4.69) is 0 Å². The summed E-state index contributed by atoms with van der Waals surface area (Å²) in [6, 6.07) is 4.80. The van der Waals surface area contributed by atoms with Crippen molar-refractivity contribution < 1.29 is 32.3 Å². The topological polar surface area (TPSA) is 118 Å². The van der Waals surface area contributed by atoms with Gasteiger partial charge in [-0.1, -0.05) is 38.1 Å². The second-order valence-corrected chi connectivity index (χ2v) is 10.7. The number of hydrogen-bond acceptors (Lipinski definition) is 7. The van der Waals surface area contributed by atoms with Gasteiger partial charge in [-0.3, -0.25) is 19.3 Å². The van der Waals surface area contributed by atoms with Crippen molar-refractivity contribution in [2.75, 3.05) is 13.2 Å². The lowest BCUT2D eigenvalue weighted by Gasteiger charge is -2.27. The van der Waals surface area contributed by atoms with Crippen LogP contribution in [0.4, 0.5) is 0 Å². The van der Waals surface area contributed by atoms with Crippen LogP contribution in [0.15, 0.2) is 41.3 Å². The van der Waals surface area contributed by atoms with Gasteiger partial charge in [0.1, 0.15) is 17.5 Å². The van der Waals surface area contributed by atoms with Crippen molar-refractivity contribution in [3.8, 4) is 0 Å². The molecule has 4 rings (SSSR count). The SMILES string of the molecule is CC(C)C[C@H](C(=O)OCCN1C(=O)c2ccccc2S1(=O)=O)N1C(=O)[C@H]2CC=CC[C@H]2C1=O. The van der Waals surface area contributed by atoms with Crippen molar-refractivity contribution in [2.45, 2.75) is 44.0 Å². The third-order valence-electron chi connectivity index (χ3n) is 6.27. The van der Waals surface area contributed by atoms with Crippen molar-refractivity contribution in [2.24, 2.45) is 17.8 Å². The minimum absolute atomic E-state index is 0.000982. The van der Waals surface area contributed by atoms with Crippen LogP contribution in [0.2, 0.25) is 0 Å². The first-order valence-corrected chi connectivity index (χ1v) is 12.4. The Morgan fingerprint density at radius 3 is 2.24 bits per heavy atom. The minimum Gasteiger partial charge on any atom is -0.462 e. The number of benzene rings is 1. The smallest absolute Gasteiger partial charge is 0.329 e. The Kier molecular flexibility index (Phi) is 6.13. The zero-order chi connectivity index (χ0) is 23.9. The van der Waals surface area contributed by atoms with Crippen LogP contribution in [0.3, 0.4) is 0 Å². The highest BCUT2D eigenvalue weighted by molar-refractivity contribution is 7.90. The predicted octanol–water partition coefficient (Wildman–Crippen LogP) is 1.74. The van der Waals surface area contributed by atoms with Crippen LogP contribution >= 0.6 is 0 Å². The van der Waals surface area contributed by atoms with E-state index in [1.165, 1.54) is 18.2 Å². The molecule has 33 heavy (non-hydrogen) atoms. The second-order valence-electron chi connectivity index (χ2n) is 8.89. The van der Waals surface area contributed by atoms with E-state index in [4.69, 9.17) is 4.74 Å². The van der Waals surface area contributed by atoms with E-state index in [1.54, 1.807) is 6.07 Å². The molecule has 0 spiro atoms. The fraction of sp³-hybridized carbons (Fsp3) is 0.478. The van der Waals surface area contributed by atoms with Gasteiger partial charge in [-0.05, 0) is 37.3 Å². The molecule has 0 saturated carbocycles. The highest BCUT2D eigenvalue weighted by Gasteiger charge is 2.51. The van der Waals surface area contributed by atoms with Gasteiger partial charge in [0, 0.05) is 0 Å². The van der Waals surface area contributed by atoms with Crippen LogP contribution in [-0.4, -0.2) is 60.5 Å². The summed E-state index contributed by atoms with van der Waals surface area (Å²) in [5.74, 6) is -3.12. The molecule has 2 heterocycles. The molecular weight excluding hydrogens is 448 g/mol. The van der Waals surface area contributed by atoms with Gasteiger partial charge in [0.05, 0.1) is 23.9 Å². The normalized spacial score (nSPS) is 24.3. The number of likely N-dealkylation sites (tertiary alicyclic amines) is 1. The number of fused-ring (bicyclic) bond motifs is 2. The highest BCUT2D eigenvalue weighted by Crippen LogP contribution is 2.37. The van der Waals surface area contributed by atoms with Crippen molar-refractivity contribution in [3.63, 3.8) is 0 Å². The average molecular weight is 475 g/mol. The van der Waals surface area contributed by atoms with E-state index in [0.29, 0.717) is 17.1 Å². The Morgan fingerprint density at radius 1 is 1.06 bits per heavy atom. The molecule has 2 aliphatic heterocycles. The Hall–Kier alpha value is -3.01. The maximum absolute atomic E-state index is 13.0. The van der Waals surface area contributed by atoms with Crippen molar-refractivity contribution in [3.05, 3.63) is 42.0 Å². The van der Waals surface area contributed by atoms with Gasteiger partial charge in [0.2, 0.25) is 11.8 Å². The number of allylic oxidation sites excluding steroid dienone is 2. The van der Waals surface area contributed by atoms with Gasteiger partial charge >= 0.3 is 5.97 Å². The van der Waals surface area contributed by atoms with Gasteiger partial charge in [-0.2, -0.15) is 0 Å². The van der Waals surface area contributed by atoms with Crippen LogP contribution in [-0.2, 0) is 29.1 Å². The predicted molar refractivity (Wildman–Crippen MR) is 116 cm³/mol. The van der Waals surface area contributed by atoms with Crippen LogP contribution in [0, 0.1) is 17.8 Å². The zero-order valence-electron chi connectivity index (χ0n) is 18.5. The van der Waals surface area contributed by atoms with Gasteiger partial charge in [0.25, 0.3) is 15.9 Å². The summed E-state index contributed by atoms with van der Waals surface area (Å²) in [4.78, 5) is 52.3. The Labute approximate surface area is 192 Å². The number of ether oxygens (including phenoxy) is 1. The van der Waals surface area contributed by atoms with Crippen LogP contribution in [0.5, 0.6) is 0 Å². The molecular formula is C23H26N2O7S. The molecule has 10 heteroatoms. The first kappa shape index (κ1) is 23.2. The second kappa shape index (κ2) is 8.74. The van der Waals surface area contributed by atoms with Gasteiger partial charge in [0.15, 0.2) is 0 Å². The maximum Gasteiger partial charge on any atom is 0.329 e. The number of nitrogens with zero attached hydrogens (tertiary/aromatic N) is 2. The molecule has 0 N–H and O–H groups in total. The third-order valence-corrected chi connectivity index (χ3v) is 8.11. The molecule has 0 bridgehead atoms. The third kappa shape index (κ3) is 3.96. The molecule has 0 radical (unpaired) electrons. The van der Waals surface area contributed by atoms with Gasteiger partial charge in [-0.25, -0.2) is 17.5 Å². The summed E-state index contributed by atoms with van der Waals surface area (Å²) in [7, 11) is -4.01. The molecule has 9 nitrogen and oxygen atoms in total. The molecule has 1 aromatic carbocycles. The van der Waals surface area contributed by atoms with Crippen LogP contribution in [0.1, 0.15) is 43.5 Å². The Balaban J connectivity index is 1.45. The summed E-state index contributed by atoms with van der Waals surface area (Å²) >= 11 is 0. The summed E-state index contributed by atoms with van der Waals surface area (Å²) in [5.41, 5.74) is 0.0750. The summed E-state index contributed by atoms with van der Waals surface area (Å²) in [5, 5.41) is 0. The van der Waals surface area contributed by atoms with Gasteiger partial charge < -0.3 is 4.74 Å². The van der Waals surface area contributed by atoms with E-state index in [1.807, 2.05) is 26.0 Å². The number of esters is 1. The molecule has 3 aliphatic rings. The van der Waals surface area contributed by atoms with E-state index in [-0.39, 0.29) is 47.8 Å². The molecule has 176 valence electrons. The Bertz CT molecular complexity index is 1120. The lowest BCUT2D eigenvalue weighted by Crippen LogP contribution is -2.47. The van der Waals surface area contributed by atoms with Crippen molar-refractivity contribution >= 4 is 33.7 Å². The standard InChI is InChI=1S/C23H26N2O7S/c1-14(2)13-18(25-21(27)15-7-3-4-8-16(15)22(25)28)23(29)32-12-11-24-20(26)17-9-5-6-10-19(17)33(24,30)31/h3-6,9-10,14-16,18H,7-8,11-13H2,1-2H3/t15-,16+,18-/m1/s1. The zero-order valence-corrected chi connectivity index (χ0v) is 19.3. The summed E-state index contributed by atoms with van der Waals surface area (Å²) < 4.78 is 31.3. The number of sulfonamides is 1. The molecule has 1 aromatic rings. The van der Waals surface area contributed by atoms with E-state index >= 15 is 0 Å². The van der Waals surface area contributed by atoms with E-state index in [9.17, 15) is 27.6 Å². The number of hydrogen-bond donors (Lipinski definition) is 0. The van der Waals surface area contributed by atoms with Crippen molar-refractivity contribution in [1.82, 2.24) is 9.21 Å². The molecule has 3 atom stereocenters. The number of carbonyl (C=O) groups excluding carboxylic acids is 4. The fourth-order valence-electron chi connectivity index (χ4n) is 4.66. The Morgan fingerprint density at radius 2 is 1.67 bits per heavy atom. The largest absolute Gasteiger partial charge is 0.462 e. The van der Waals surface area contributed by atoms with E-state index in [0.717, 1.165) is 4.90 Å². The molecule has 1 aliphatic carbocycles. The number of imide groups is 1.